The van der Waals surface area contributed by atoms with Crippen LogP contribution in [0.25, 0.3) is 0 Å². The molecule has 1 aromatic rings. The molecule has 1 aromatic carbocycles. The highest BCUT2D eigenvalue weighted by Crippen LogP contribution is 2.49. The Kier molecular flexibility index (Phi) is 3.09. The van der Waals surface area contributed by atoms with E-state index in [2.05, 4.69) is 32.0 Å². The van der Waals surface area contributed by atoms with E-state index in [0.29, 0.717) is 13.0 Å². The monoisotopic (exact) mass is 232 g/mol. The summed E-state index contributed by atoms with van der Waals surface area (Å²) in [6, 6.07) is 6.24. The topological polar surface area (TPSA) is 59.1 Å². The van der Waals surface area contributed by atoms with Gasteiger partial charge in [-0.3, -0.25) is 5.41 Å². The molecule has 2 rings (SSSR count). The van der Waals surface area contributed by atoms with Crippen molar-refractivity contribution in [1.29, 1.82) is 5.41 Å². The predicted molar refractivity (Wildman–Crippen MR) is 69.6 cm³/mol. The zero-order valence-corrected chi connectivity index (χ0v) is 10.5. The number of amidine groups is 1. The Hall–Kier alpha value is -1.51. The predicted octanol–water partition coefficient (Wildman–Crippen LogP) is 2.79. The third-order valence-electron chi connectivity index (χ3n) is 3.40. The molecule has 0 heterocycles. The van der Waals surface area contributed by atoms with Gasteiger partial charge in [0.05, 0.1) is 12.4 Å². The maximum absolute atomic E-state index is 7.37. The highest BCUT2D eigenvalue weighted by Gasteiger charge is 2.44. The smallest absolute Gasteiger partial charge is 0.122 e. The molecule has 0 aliphatic heterocycles. The van der Waals surface area contributed by atoms with Crippen LogP contribution in [-0.2, 0) is 0 Å². The minimum atomic E-state index is 0.141. The van der Waals surface area contributed by atoms with Crippen molar-refractivity contribution >= 4 is 5.84 Å². The largest absolute Gasteiger partial charge is 0.493 e. The summed E-state index contributed by atoms with van der Waals surface area (Å²) in [5.74, 6) is 1.23. The van der Waals surface area contributed by atoms with E-state index >= 15 is 0 Å². The molecule has 0 atom stereocenters. The van der Waals surface area contributed by atoms with Gasteiger partial charge in [-0.2, -0.15) is 0 Å². The van der Waals surface area contributed by atoms with Crippen molar-refractivity contribution in [3.05, 3.63) is 29.3 Å². The van der Waals surface area contributed by atoms with Crippen LogP contribution < -0.4 is 10.5 Å². The summed E-state index contributed by atoms with van der Waals surface area (Å²) in [5, 5.41) is 7.37. The summed E-state index contributed by atoms with van der Waals surface area (Å²) >= 11 is 0. The van der Waals surface area contributed by atoms with Crippen molar-refractivity contribution < 1.29 is 4.74 Å². The molecule has 92 valence electrons. The molecule has 0 radical (unpaired) electrons. The first-order chi connectivity index (χ1) is 8.01. The molecule has 3 heteroatoms. The first-order valence-electron chi connectivity index (χ1n) is 6.04. The van der Waals surface area contributed by atoms with Crippen molar-refractivity contribution in [2.75, 3.05) is 6.61 Å². The summed E-state index contributed by atoms with van der Waals surface area (Å²) in [7, 11) is 0. The van der Waals surface area contributed by atoms with Crippen LogP contribution in [0.5, 0.6) is 5.75 Å². The highest BCUT2D eigenvalue weighted by molar-refractivity contribution is 5.78. The fraction of sp³-hybridized carbons (Fsp3) is 0.500. The number of nitrogens with two attached hydrogens (primary N) is 1. The molecule has 0 bridgehead atoms. The summed E-state index contributed by atoms with van der Waals surface area (Å²) in [6.07, 6.45) is 2.91. The lowest BCUT2D eigenvalue weighted by molar-refractivity contribution is 0.237. The minimum absolute atomic E-state index is 0.141. The third-order valence-corrected chi connectivity index (χ3v) is 3.40. The molecule has 0 amide bonds. The van der Waals surface area contributed by atoms with Crippen molar-refractivity contribution in [3.63, 3.8) is 0 Å². The van der Waals surface area contributed by atoms with Crippen LogP contribution in [0.4, 0.5) is 0 Å². The van der Waals surface area contributed by atoms with Gasteiger partial charge >= 0.3 is 0 Å². The molecule has 0 aromatic heterocycles. The van der Waals surface area contributed by atoms with E-state index in [1.165, 1.54) is 5.56 Å². The van der Waals surface area contributed by atoms with Gasteiger partial charge in [-0.25, -0.2) is 0 Å². The molecule has 1 aliphatic rings. The number of hydrogen-bond acceptors (Lipinski definition) is 2. The van der Waals surface area contributed by atoms with Gasteiger partial charge in [0.15, 0.2) is 0 Å². The lowest BCUT2D eigenvalue weighted by Crippen LogP contribution is -2.21. The highest BCUT2D eigenvalue weighted by atomic mass is 16.5. The molecule has 1 aliphatic carbocycles. The second-order valence-electron chi connectivity index (χ2n) is 5.26. The number of aryl methyl sites for hydroxylation is 2. The van der Waals surface area contributed by atoms with Crippen molar-refractivity contribution in [2.45, 2.75) is 33.1 Å². The van der Waals surface area contributed by atoms with Gasteiger partial charge in [-0.1, -0.05) is 12.1 Å². The molecule has 3 nitrogen and oxygen atoms in total. The number of nitrogens with one attached hydrogen (secondary N) is 1. The standard InChI is InChI=1S/C14H20N2O/c1-10-3-4-11(2)12(7-10)17-9-14(5-6-14)8-13(15)16/h3-4,7H,5-6,8-9H2,1-2H3,(H3,15,16). The first kappa shape index (κ1) is 12.0. The number of ether oxygens (including phenoxy) is 1. The van der Waals surface area contributed by atoms with Gasteiger partial charge in [-0.05, 0) is 43.9 Å². The van der Waals surface area contributed by atoms with Crippen LogP contribution in [0.2, 0.25) is 0 Å². The lowest BCUT2D eigenvalue weighted by Gasteiger charge is -2.17. The Labute approximate surface area is 102 Å². The fourth-order valence-corrected chi connectivity index (χ4v) is 2.05. The number of hydrogen-bond donors (Lipinski definition) is 2. The van der Waals surface area contributed by atoms with Gasteiger partial charge < -0.3 is 10.5 Å². The second-order valence-corrected chi connectivity index (χ2v) is 5.26. The summed E-state index contributed by atoms with van der Waals surface area (Å²) in [5.41, 5.74) is 7.98. The van der Waals surface area contributed by atoms with Crippen LogP contribution in [0.15, 0.2) is 18.2 Å². The van der Waals surface area contributed by atoms with Gasteiger partial charge in [0, 0.05) is 11.8 Å². The van der Waals surface area contributed by atoms with Gasteiger partial charge in [-0.15, -0.1) is 0 Å². The quantitative estimate of drug-likeness (QED) is 0.605. The van der Waals surface area contributed by atoms with Crippen molar-refractivity contribution in [3.8, 4) is 5.75 Å². The Morgan fingerprint density at radius 1 is 1.41 bits per heavy atom. The molecular formula is C14H20N2O. The normalized spacial score (nSPS) is 16.6. The maximum Gasteiger partial charge on any atom is 0.122 e. The molecular weight excluding hydrogens is 212 g/mol. The molecule has 0 spiro atoms. The van der Waals surface area contributed by atoms with Crippen LogP contribution in [0, 0.1) is 24.7 Å². The fourth-order valence-electron chi connectivity index (χ4n) is 2.05. The van der Waals surface area contributed by atoms with Crippen LogP contribution >= 0.6 is 0 Å². The van der Waals surface area contributed by atoms with E-state index in [1.807, 2.05) is 0 Å². The molecule has 0 saturated heterocycles. The Bertz CT molecular complexity index is 436. The van der Waals surface area contributed by atoms with Crippen LogP contribution in [0.3, 0.4) is 0 Å². The lowest BCUT2D eigenvalue weighted by atomic mass is 10.0. The van der Waals surface area contributed by atoms with Crippen LogP contribution in [-0.4, -0.2) is 12.4 Å². The van der Waals surface area contributed by atoms with E-state index in [1.54, 1.807) is 0 Å². The Morgan fingerprint density at radius 3 is 2.71 bits per heavy atom. The average molecular weight is 232 g/mol. The summed E-state index contributed by atoms with van der Waals surface area (Å²) in [4.78, 5) is 0. The van der Waals surface area contributed by atoms with E-state index in [9.17, 15) is 0 Å². The average Bonchev–Trinajstić information content (AvgIpc) is 2.99. The zero-order chi connectivity index (χ0) is 12.5. The van der Waals surface area contributed by atoms with Gasteiger partial charge in [0.2, 0.25) is 0 Å². The van der Waals surface area contributed by atoms with Gasteiger partial charge in [0.25, 0.3) is 0 Å². The van der Waals surface area contributed by atoms with Gasteiger partial charge in [0.1, 0.15) is 5.75 Å². The summed E-state index contributed by atoms with van der Waals surface area (Å²) < 4.78 is 5.89. The number of rotatable bonds is 5. The maximum atomic E-state index is 7.37. The minimum Gasteiger partial charge on any atom is -0.493 e. The van der Waals surface area contributed by atoms with Crippen molar-refractivity contribution in [1.82, 2.24) is 0 Å². The van der Waals surface area contributed by atoms with E-state index < -0.39 is 0 Å². The van der Waals surface area contributed by atoms with Crippen LogP contribution in [0.1, 0.15) is 30.4 Å². The van der Waals surface area contributed by atoms with Crippen molar-refractivity contribution in [2.24, 2.45) is 11.1 Å². The molecule has 17 heavy (non-hydrogen) atoms. The van der Waals surface area contributed by atoms with E-state index in [0.717, 1.165) is 24.2 Å². The zero-order valence-electron chi connectivity index (χ0n) is 10.5. The second kappa shape index (κ2) is 4.40. The SMILES string of the molecule is Cc1ccc(C)c(OCC2(CC(=N)N)CC2)c1. The molecule has 1 saturated carbocycles. The molecule has 0 unspecified atom stereocenters. The first-order valence-corrected chi connectivity index (χ1v) is 6.04. The summed E-state index contributed by atoms with van der Waals surface area (Å²) in [6.45, 7) is 4.80. The third kappa shape index (κ3) is 2.99. The number of benzene rings is 1. The molecule has 1 fully saturated rings. The molecule has 3 N–H and O–H groups in total. The Morgan fingerprint density at radius 2 is 2.12 bits per heavy atom. The Balaban J connectivity index is 1.98. The van der Waals surface area contributed by atoms with E-state index in [-0.39, 0.29) is 11.3 Å². The van der Waals surface area contributed by atoms with E-state index in [4.69, 9.17) is 15.9 Å².